The van der Waals surface area contributed by atoms with Crippen LogP contribution in [0.15, 0.2) is 15.9 Å². The Morgan fingerprint density at radius 2 is 2.37 bits per heavy atom. The largest absolute Gasteiger partial charge is 0.481 e. The molecule has 0 spiro atoms. The third-order valence-corrected chi connectivity index (χ3v) is 4.94. The second-order valence-corrected chi connectivity index (χ2v) is 7.27. The lowest BCUT2D eigenvalue weighted by Crippen LogP contribution is -2.43. The number of thiophene rings is 1. The Morgan fingerprint density at radius 1 is 1.58 bits per heavy atom. The van der Waals surface area contributed by atoms with E-state index < -0.39 is 11.9 Å². The molecule has 2 atom stereocenters. The fourth-order valence-electron chi connectivity index (χ4n) is 2.42. The molecule has 6 heteroatoms. The van der Waals surface area contributed by atoms with E-state index in [0.29, 0.717) is 13.2 Å². The fraction of sp³-hybridized carbons (Fsp3) is 0.615. The van der Waals surface area contributed by atoms with Crippen LogP contribution in [0.2, 0.25) is 0 Å². The maximum atomic E-state index is 11.3. The average molecular weight is 348 g/mol. The summed E-state index contributed by atoms with van der Waals surface area (Å²) in [6.45, 7) is 4.65. The van der Waals surface area contributed by atoms with Crippen LogP contribution in [0.3, 0.4) is 0 Å². The number of nitrogens with zero attached hydrogens (tertiary/aromatic N) is 1. The first-order chi connectivity index (χ1) is 9.11. The molecule has 2 heterocycles. The maximum absolute atomic E-state index is 11.3. The zero-order valence-electron chi connectivity index (χ0n) is 10.8. The number of carbonyl (C=O) groups is 1. The van der Waals surface area contributed by atoms with Crippen molar-refractivity contribution in [3.63, 3.8) is 0 Å². The number of hydrogen-bond donors (Lipinski definition) is 1. The third kappa shape index (κ3) is 3.78. The van der Waals surface area contributed by atoms with Gasteiger partial charge in [-0.1, -0.05) is 6.92 Å². The maximum Gasteiger partial charge on any atom is 0.310 e. The fourth-order valence-corrected chi connectivity index (χ4v) is 3.93. The number of halogens is 1. The molecule has 0 saturated carbocycles. The molecule has 0 bridgehead atoms. The predicted molar refractivity (Wildman–Crippen MR) is 78.5 cm³/mol. The van der Waals surface area contributed by atoms with Crippen LogP contribution >= 0.6 is 27.3 Å². The molecule has 19 heavy (non-hydrogen) atoms. The molecule has 0 aliphatic carbocycles. The first kappa shape index (κ1) is 15.0. The summed E-state index contributed by atoms with van der Waals surface area (Å²) in [5, 5.41) is 9.26. The van der Waals surface area contributed by atoms with Gasteiger partial charge in [-0.05, 0) is 41.0 Å². The number of hydrogen-bond acceptors (Lipinski definition) is 4. The third-order valence-electron chi connectivity index (χ3n) is 3.34. The van der Waals surface area contributed by atoms with Crippen LogP contribution in [0.1, 0.15) is 18.2 Å². The monoisotopic (exact) mass is 347 g/mol. The Morgan fingerprint density at radius 3 is 2.95 bits per heavy atom. The summed E-state index contributed by atoms with van der Waals surface area (Å²) in [5.74, 6) is -1.16. The van der Waals surface area contributed by atoms with E-state index in [2.05, 4.69) is 33.8 Å². The quantitative estimate of drug-likeness (QED) is 0.859. The Kier molecular flexibility index (Phi) is 5.38. The highest BCUT2D eigenvalue weighted by Gasteiger charge is 2.37. The molecular weight excluding hydrogens is 330 g/mol. The molecule has 1 N–H and O–H groups in total. The van der Waals surface area contributed by atoms with Crippen molar-refractivity contribution in [1.82, 2.24) is 4.90 Å². The lowest BCUT2D eigenvalue weighted by Gasteiger charge is -2.29. The smallest absolute Gasteiger partial charge is 0.310 e. The summed E-state index contributed by atoms with van der Waals surface area (Å²) in [6.07, 6.45) is 1.01. The number of aliphatic carboxylic acids is 1. The number of carboxylic acid groups (broad SMARTS) is 1. The standard InChI is InChI=1S/C13H18BrNO3S/c1-2-5-15(6-9-3-4-12(14)19-9)11-8-18-7-10(11)13(16)17/h3-4,10-11H,2,5-8H2,1H3,(H,16,17). The molecule has 1 aliphatic rings. The number of carboxylic acids is 1. The average Bonchev–Trinajstić information content (AvgIpc) is 2.97. The van der Waals surface area contributed by atoms with Crippen molar-refractivity contribution in [2.45, 2.75) is 25.9 Å². The zero-order valence-corrected chi connectivity index (χ0v) is 13.2. The Balaban J connectivity index is 2.08. The van der Waals surface area contributed by atoms with Crippen molar-refractivity contribution < 1.29 is 14.6 Å². The van der Waals surface area contributed by atoms with E-state index in [9.17, 15) is 9.90 Å². The van der Waals surface area contributed by atoms with Crippen LogP contribution in [-0.4, -0.2) is 41.8 Å². The van der Waals surface area contributed by atoms with Gasteiger partial charge in [0.1, 0.15) is 0 Å². The van der Waals surface area contributed by atoms with Gasteiger partial charge in [0.25, 0.3) is 0 Å². The zero-order chi connectivity index (χ0) is 13.8. The van der Waals surface area contributed by atoms with Crippen LogP contribution in [0.5, 0.6) is 0 Å². The van der Waals surface area contributed by atoms with Crippen molar-refractivity contribution in [3.05, 3.63) is 20.8 Å². The molecule has 0 aromatic carbocycles. The van der Waals surface area contributed by atoms with Gasteiger partial charge in [0, 0.05) is 17.5 Å². The molecule has 4 nitrogen and oxygen atoms in total. The molecule has 1 fully saturated rings. The highest BCUT2D eigenvalue weighted by molar-refractivity contribution is 9.11. The first-order valence-corrected chi connectivity index (χ1v) is 8.01. The van der Waals surface area contributed by atoms with Gasteiger partial charge < -0.3 is 9.84 Å². The van der Waals surface area contributed by atoms with Crippen molar-refractivity contribution in [1.29, 1.82) is 0 Å². The van der Waals surface area contributed by atoms with Gasteiger partial charge in [0.05, 0.1) is 22.9 Å². The molecule has 1 saturated heterocycles. The number of rotatable bonds is 6. The van der Waals surface area contributed by atoms with E-state index in [4.69, 9.17) is 4.74 Å². The molecule has 0 radical (unpaired) electrons. The molecule has 106 valence electrons. The Bertz CT molecular complexity index is 437. The summed E-state index contributed by atoms with van der Waals surface area (Å²) < 4.78 is 6.48. The van der Waals surface area contributed by atoms with Crippen molar-refractivity contribution in [2.75, 3.05) is 19.8 Å². The topological polar surface area (TPSA) is 49.8 Å². The van der Waals surface area contributed by atoms with Gasteiger partial charge in [-0.2, -0.15) is 0 Å². The molecule has 1 aliphatic heterocycles. The minimum absolute atomic E-state index is 0.0154. The van der Waals surface area contributed by atoms with Gasteiger partial charge in [0.2, 0.25) is 0 Å². The Hall–Kier alpha value is -0.430. The van der Waals surface area contributed by atoms with Crippen molar-refractivity contribution in [3.8, 4) is 0 Å². The van der Waals surface area contributed by atoms with Crippen LogP contribution in [0.25, 0.3) is 0 Å². The molecule has 0 amide bonds. The molecule has 1 aromatic rings. The molecule has 2 rings (SSSR count). The van der Waals surface area contributed by atoms with Gasteiger partial charge in [-0.15, -0.1) is 11.3 Å². The second-order valence-electron chi connectivity index (χ2n) is 4.73. The summed E-state index contributed by atoms with van der Waals surface area (Å²) in [4.78, 5) is 14.8. The summed E-state index contributed by atoms with van der Waals surface area (Å²) in [7, 11) is 0. The van der Waals surface area contributed by atoms with E-state index in [1.54, 1.807) is 11.3 Å². The lowest BCUT2D eigenvalue weighted by molar-refractivity contribution is -0.143. The van der Waals surface area contributed by atoms with E-state index in [0.717, 1.165) is 23.3 Å². The highest BCUT2D eigenvalue weighted by Crippen LogP contribution is 2.27. The minimum Gasteiger partial charge on any atom is -0.481 e. The summed E-state index contributed by atoms with van der Waals surface area (Å²) >= 11 is 5.16. The van der Waals surface area contributed by atoms with E-state index >= 15 is 0 Å². The summed E-state index contributed by atoms with van der Waals surface area (Å²) in [6, 6.07) is 4.10. The van der Waals surface area contributed by atoms with Crippen molar-refractivity contribution >= 4 is 33.2 Å². The molecular formula is C13H18BrNO3S. The van der Waals surface area contributed by atoms with Crippen LogP contribution < -0.4 is 0 Å². The highest BCUT2D eigenvalue weighted by atomic mass is 79.9. The van der Waals surface area contributed by atoms with E-state index in [-0.39, 0.29) is 6.04 Å². The van der Waals surface area contributed by atoms with Gasteiger partial charge in [0.15, 0.2) is 0 Å². The second kappa shape index (κ2) is 6.83. The predicted octanol–water partition coefficient (Wildman–Crippen LogP) is 2.82. The molecule has 2 unspecified atom stereocenters. The normalized spacial score (nSPS) is 23.1. The summed E-state index contributed by atoms with van der Waals surface area (Å²) in [5.41, 5.74) is 0. The first-order valence-electron chi connectivity index (χ1n) is 6.40. The van der Waals surface area contributed by atoms with E-state index in [1.807, 2.05) is 6.07 Å². The Labute approximate surface area is 125 Å². The van der Waals surface area contributed by atoms with Gasteiger partial charge >= 0.3 is 5.97 Å². The van der Waals surface area contributed by atoms with Crippen LogP contribution in [0, 0.1) is 5.92 Å². The molecule has 1 aromatic heterocycles. The van der Waals surface area contributed by atoms with E-state index in [1.165, 1.54) is 4.88 Å². The number of ether oxygens (including phenoxy) is 1. The SMILES string of the molecule is CCCN(Cc1ccc(Br)s1)C1COCC1C(=O)O. The van der Waals surface area contributed by atoms with Crippen molar-refractivity contribution in [2.24, 2.45) is 5.92 Å². The van der Waals surface area contributed by atoms with Crippen LogP contribution in [0.4, 0.5) is 0 Å². The minimum atomic E-state index is -0.754. The van der Waals surface area contributed by atoms with Gasteiger partial charge in [-0.25, -0.2) is 0 Å². The van der Waals surface area contributed by atoms with Gasteiger partial charge in [-0.3, -0.25) is 9.69 Å². The lowest BCUT2D eigenvalue weighted by atomic mass is 10.0. The van der Waals surface area contributed by atoms with Crippen LogP contribution in [-0.2, 0) is 16.1 Å².